The minimum absolute atomic E-state index is 0. The molecular formula is C17H25CsN2OS. The summed E-state index contributed by atoms with van der Waals surface area (Å²) in [6, 6.07) is 9.01. The minimum Gasteiger partial charge on any atom is -0.542 e. The van der Waals surface area contributed by atoms with Crippen LogP contribution in [0.15, 0.2) is 29.2 Å². The molecule has 2 heterocycles. The van der Waals surface area contributed by atoms with E-state index >= 15 is 0 Å². The molecule has 3 rings (SSSR count). The predicted molar refractivity (Wildman–Crippen MR) is 88.0 cm³/mol. The molecule has 0 radical (unpaired) electrons. The summed E-state index contributed by atoms with van der Waals surface area (Å²) >= 11 is 1.84. The van der Waals surface area contributed by atoms with Gasteiger partial charge < -0.3 is 9.64 Å². The zero-order chi connectivity index (χ0) is 14.7. The molecule has 3 nitrogen and oxygen atoms in total. The quantitative estimate of drug-likeness (QED) is 0.619. The van der Waals surface area contributed by atoms with Crippen molar-refractivity contribution >= 4 is 11.8 Å². The number of nitrogens with zero attached hydrogens (tertiary/aromatic N) is 2. The fraction of sp³-hybridized carbons (Fsp3) is 0.588. The van der Waals surface area contributed by atoms with Crippen molar-refractivity contribution in [3.63, 3.8) is 0 Å². The van der Waals surface area contributed by atoms with Crippen molar-refractivity contribution in [2.75, 3.05) is 33.2 Å². The summed E-state index contributed by atoms with van der Waals surface area (Å²) in [4.78, 5) is 6.25. The molecule has 0 N–H and O–H groups in total. The van der Waals surface area contributed by atoms with Crippen LogP contribution in [0.25, 0.3) is 0 Å². The molecule has 22 heavy (non-hydrogen) atoms. The Hall–Kier alpha value is 1.50. The molecule has 5 heteroatoms. The number of ether oxygens (including phenoxy) is 1. The number of benzene rings is 1. The largest absolute Gasteiger partial charge is 1.00 e. The Morgan fingerprint density at radius 1 is 1.18 bits per heavy atom. The maximum Gasteiger partial charge on any atom is 1.00 e. The van der Waals surface area contributed by atoms with Crippen molar-refractivity contribution in [1.29, 1.82) is 0 Å². The average Bonchev–Trinajstić information content (AvgIpc) is 2.89. The third-order valence-corrected chi connectivity index (χ3v) is 5.33. The van der Waals surface area contributed by atoms with E-state index in [1.807, 2.05) is 18.4 Å². The van der Waals surface area contributed by atoms with E-state index in [0.717, 1.165) is 13.0 Å². The molecule has 0 spiro atoms. The molecule has 1 aromatic carbocycles. The van der Waals surface area contributed by atoms with Crippen molar-refractivity contribution < 1.29 is 73.6 Å². The summed E-state index contributed by atoms with van der Waals surface area (Å²) in [7, 11) is 2.20. The summed E-state index contributed by atoms with van der Waals surface area (Å²) in [5.41, 5.74) is 1.71. The molecule has 2 aliphatic rings. The Morgan fingerprint density at radius 3 is 2.45 bits per heavy atom. The Labute approximate surface area is 197 Å². The summed E-state index contributed by atoms with van der Waals surface area (Å²) in [6.07, 6.45) is 1.12. The number of rotatable bonds is 4. The van der Waals surface area contributed by atoms with E-state index < -0.39 is 0 Å². The van der Waals surface area contributed by atoms with Gasteiger partial charge in [0, 0.05) is 37.6 Å². The van der Waals surface area contributed by atoms with Gasteiger partial charge in [0.15, 0.2) is 0 Å². The number of hydrogen-bond acceptors (Lipinski definition) is 4. The molecule has 0 aliphatic carbocycles. The van der Waals surface area contributed by atoms with Crippen molar-refractivity contribution in [3.05, 3.63) is 36.4 Å². The zero-order valence-corrected chi connectivity index (χ0v) is 21.1. The Balaban J connectivity index is 0.00000176. The first-order valence-corrected chi connectivity index (χ1v) is 8.72. The smallest absolute Gasteiger partial charge is 0.542 e. The van der Waals surface area contributed by atoms with E-state index in [0.29, 0.717) is 11.4 Å². The van der Waals surface area contributed by atoms with Crippen LogP contribution in [0.5, 0.6) is 0 Å². The molecular weight excluding hydrogens is 413 g/mol. The zero-order valence-electron chi connectivity index (χ0n) is 14.0. The number of piperazine rings is 1. The second-order valence-electron chi connectivity index (χ2n) is 6.26. The van der Waals surface area contributed by atoms with Crippen molar-refractivity contribution in [2.24, 2.45) is 5.92 Å². The van der Waals surface area contributed by atoms with Gasteiger partial charge in [-0.05, 0) is 31.2 Å². The SMILES string of the molecule is C[C@H]1[CH-]OC(Sc2ccc(CN3CCN(C)CC3)cc2)C1.[Cs+]. The van der Waals surface area contributed by atoms with Gasteiger partial charge in [-0.25, -0.2) is 6.61 Å². The van der Waals surface area contributed by atoms with E-state index in [1.54, 1.807) is 0 Å². The first kappa shape index (κ1) is 19.8. The maximum atomic E-state index is 5.66. The Morgan fingerprint density at radius 2 is 1.86 bits per heavy atom. The van der Waals surface area contributed by atoms with Gasteiger partial charge in [-0.1, -0.05) is 30.8 Å². The first-order valence-electron chi connectivity index (χ1n) is 7.84. The van der Waals surface area contributed by atoms with Gasteiger partial charge in [0.1, 0.15) is 0 Å². The third kappa shape index (κ3) is 6.10. The van der Waals surface area contributed by atoms with Crippen LogP contribution in [0.3, 0.4) is 0 Å². The molecule has 2 saturated heterocycles. The van der Waals surface area contributed by atoms with Crippen molar-refractivity contribution in [2.45, 2.75) is 30.2 Å². The van der Waals surface area contributed by atoms with E-state index in [-0.39, 0.29) is 68.9 Å². The Bertz CT molecular complexity index is 448. The fourth-order valence-electron chi connectivity index (χ4n) is 2.80. The van der Waals surface area contributed by atoms with Crippen LogP contribution in [-0.2, 0) is 11.3 Å². The molecule has 0 amide bonds. The summed E-state index contributed by atoms with van der Waals surface area (Å²) < 4.78 is 5.66. The number of likely N-dealkylation sites (N-methyl/N-ethyl adjacent to an activating group) is 1. The van der Waals surface area contributed by atoms with Gasteiger partial charge in [0.25, 0.3) is 0 Å². The van der Waals surface area contributed by atoms with Crippen LogP contribution >= 0.6 is 11.8 Å². The Kier molecular flexibility index (Phi) is 8.87. The van der Waals surface area contributed by atoms with Crippen LogP contribution < -0.4 is 68.9 Å². The fourth-order valence-corrected chi connectivity index (χ4v) is 3.92. The van der Waals surface area contributed by atoms with Crippen LogP contribution in [0, 0.1) is 12.5 Å². The van der Waals surface area contributed by atoms with Gasteiger partial charge in [0.2, 0.25) is 0 Å². The maximum absolute atomic E-state index is 5.66. The normalized spacial score (nSPS) is 26.8. The predicted octanol–water partition coefficient (Wildman–Crippen LogP) is 0.0744. The number of thioether (sulfide) groups is 1. The van der Waals surface area contributed by atoms with E-state index in [9.17, 15) is 0 Å². The van der Waals surface area contributed by atoms with Crippen LogP contribution in [-0.4, -0.2) is 48.5 Å². The van der Waals surface area contributed by atoms with Gasteiger partial charge >= 0.3 is 68.9 Å². The minimum atomic E-state index is 0. The monoisotopic (exact) mass is 438 g/mol. The number of hydrogen-bond donors (Lipinski definition) is 0. The molecule has 0 saturated carbocycles. The second-order valence-corrected chi connectivity index (χ2v) is 7.49. The molecule has 1 aromatic rings. The first-order chi connectivity index (χ1) is 10.2. The molecule has 0 aromatic heterocycles. The van der Waals surface area contributed by atoms with Crippen molar-refractivity contribution in [1.82, 2.24) is 9.80 Å². The van der Waals surface area contributed by atoms with Gasteiger partial charge in [-0.2, -0.15) is 0 Å². The van der Waals surface area contributed by atoms with Crippen molar-refractivity contribution in [3.8, 4) is 0 Å². The van der Waals surface area contributed by atoms with Crippen LogP contribution in [0.1, 0.15) is 18.9 Å². The molecule has 2 atom stereocenters. The van der Waals surface area contributed by atoms with E-state index in [1.165, 1.54) is 36.6 Å². The summed E-state index contributed by atoms with van der Waals surface area (Å²) in [6.45, 7) is 9.97. The van der Waals surface area contributed by atoms with Crippen LogP contribution in [0.4, 0.5) is 0 Å². The third-order valence-electron chi connectivity index (χ3n) is 4.22. The topological polar surface area (TPSA) is 15.7 Å². The summed E-state index contributed by atoms with van der Waals surface area (Å²) in [5.74, 6) is 0.582. The molecule has 2 fully saturated rings. The molecule has 2 aliphatic heterocycles. The molecule has 0 bridgehead atoms. The van der Waals surface area contributed by atoms with Gasteiger partial charge in [0.05, 0.1) is 5.44 Å². The van der Waals surface area contributed by atoms with Crippen LogP contribution in [0.2, 0.25) is 0 Å². The van der Waals surface area contributed by atoms with Gasteiger partial charge in [-0.3, -0.25) is 4.90 Å². The second kappa shape index (κ2) is 9.85. The van der Waals surface area contributed by atoms with E-state index in [4.69, 9.17) is 4.74 Å². The van der Waals surface area contributed by atoms with E-state index in [2.05, 4.69) is 48.0 Å². The molecule has 1 unspecified atom stereocenters. The van der Waals surface area contributed by atoms with Gasteiger partial charge in [-0.15, -0.1) is 5.92 Å². The summed E-state index contributed by atoms with van der Waals surface area (Å²) in [5, 5.41) is 0. The standard InChI is InChI=1S/C17H25N2OS.Cs/c1-14-11-17(20-13-14)21-16-5-3-15(4-6-16)12-19-9-7-18(2)8-10-19;/h3-6,13-14,17H,7-12H2,1-2H3;/q-1;+1/t14-,17?;/m1./s1. The average molecular weight is 438 g/mol. The molecule has 116 valence electrons.